The Balaban J connectivity index is 1.52. The van der Waals surface area contributed by atoms with Crippen molar-refractivity contribution in [2.24, 2.45) is 0 Å². The van der Waals surface area contributed by atoms with Gasteiger partial charge >= 0.3 is 0 Å². The van der Waals surface area contributed by atoms with E-state index < -0.39 is 16.1 Å². The van der Waals surface area contributed by atoms with Gasteiger partial charge in [-0.05, 0) is 30.5 Å². The molecule has 2 aliphatic rings. The second-order valence-electron chi connectivity index (χ2n) is 7.84. The van der Waals surface area contributed by atoms with Crippen molar-refractivity contribution in [3.05, 3.63) is 60.2 Å². The van der Waals surface area contributed by atoms with Crippen molar-refractivity contribution in [3.63, 3.8) is 0 Å². The van der Waals surface area contributed by atoms with E-state index in [9.17, 15) is 13.2 Å². The molecule has 1 unspecified atom stereocenters. The maximum atomic E-state index is 13.0. The van der Waals surface area contributed by atoms with Gasteiger partial charge in [-0.3, -0.25) is 9.10 Å². The first kappa shape index (κ1) is 20.7. The molecule has 2 aliphatic heterocycles. The second kappa shape index (κ2) is 8.28. The molecular formula is C22H26N2O5S. The lowest BCUT2D eigenvalue weighted by atomic mass is 9.74. The van der Waals surface area contributed by atoms with Crippen LogP contribution in [0.5, 0.6) is 5.75 Å². The summed E-state index contributed by atoms with van der Waals surface area (Å²) in [6, 6.07) is 17.0. The van der Waals surface area contributed by atoms with Crippen LogP contribution < -0.4 is 14.4 Å². The number of sulfonamides is 1. The molecule has 1 amide bonds. The third-order valence-electron chi connectivity index (χ3n) is 5.86. The molecule has 2 aromatic carbocycles. The summed E-state index contributed by atoms with van der Waals surface area (Å²) in [6.07, 6.45) is 1.83. The number of anilines is 1. The van der Waals surface area contributed by atoms with Crippen molar-refractivity contribution in [2.45, 2.75) is 24.4 Å². The maximum Gasteiger partial charge on any atom is 0.263 e. The molecule has 160 valence electrons. The quantitative estimate of drug-likeness (QED) is 0.785. The standard InChI is InChI=1S/C22H26N2O5S/c1-30(26,27)24-15-20(29-19-10-6-5-9-18(19)24)21(25)23-16-22(11-13-28-14-12-22)17-7-3-2-4-8-17/h2-10,20H,11-16H2,1H3,(H,23,25). The van der Waals surface area contributed by atoms with E-state index in [1.54, 1.807) is 24.3 Å². The Kier molecular flexibility index (Phi) is 5.71. The van der Waals surface area contributed by atoms with Gasteiger partial charge < -0.3 is 14.8 Å². The molecule has 1 atom stereocenters. The van der Waals surface area contributed by atoms with Crippen LogP contribution in [-0.2, 0) is 25.0 Å². The Labute approximate surface area is 177 Å². The summed E-state index contributed by atoms with van der Waals surface area (Å²) < 4.78 is 37.2. The van der Waals surface area contributed by atoms with Crippen LogP contribution in [0.3, 0.4) is 0 Å². The second-order valence-corrected chi connectivity index (χ2v) is 9.75. The first-order valence-electron chi connectivity index (χ1n) is 10.0. The highest BCUT2D eigenvalue weighted by Crippen LogP contribution is 2.36. The predicted octanol–water partition coefficient (Wildman–Crippen LogP) is 2.08. The minimum absolute atomic E-state index is 0.0525. The van der Waals surface area contributed by atoms with E-state index in [2.05, 4.69) is 17.4 Å². The van der Waals surface area contributed by atoms with Crippen LogP contribution >= 0.6 is 0 Å². The molecule has 0 spiro atoms. The van der Waals surface area contributed by atoms with Crippen molar-refractivity contribution in [1.29, 1.82) is 0 Å². The summed E-state index contributed by atoms with van der Waals surface area (Å²) >= 11 is 0. The Bertz CT molecular complexity index is 1000. The molecule has 0 aromatic heterocycles. The van der Waals surface area contributed by atoms with Crippen molar-refractivity contribution >= 4 is 21.6 Å². The number of fused-ring (bicyclic) bond motifs is 1. The van der Waals surface area contributed by atoms with E-state index in [4.69, 9.17) is 9.47 Å². The highest BCUT2D eigenvalue weighted by molar-refractivity contribution is 7.92. The zero-order valence-electron chi connectivity index (χ0n) is 16.9. The topological polar surface area (TPSA) is 84.9 Å². The molecule has 1 fully saturated rings. The number of hydrogen-bond donors (Lipinski definition) is 1. The van der Waals surface area contributed by atoms with Gasteiger partial charge in [0.2, 0.25) is 10.0 Å². The molecule has 30 heavy (non-hydrogen) atoms. The van der Waals surface area contributed by atoms with E-state index >= 15 is 0 Å². The third-order valence-corrected chi connectivity index (χ3v) is 7.01. The lowest BCUT2D eigenvalue weighted by Crippen LogP contribution is -2.53. The van der Waals surface area contributed by atoms with Crippen molar-refractivity contribution in [2.75, 3.05) is 36.9 Å². The number of hydrogen-bond acceptors (Lipinski definition) is 5. The predicted molar refractivity (Wildman–Crippen MR) is 114 cm³/mol. The summed E-state index contributed by atoms with van der Waals surface area (Å²) in [6.45, 7) is 1.67. The van der Waals surface area contributed by atoms with E-state index in [-0.39, 0.29) is 17.9 Å². The van der Waals surface area contributed by atoms with Gasteiger partial charge in [0, 0.05) is 25.2 Å². The molecule has 0 aliphatic carbocycles. The lowest BCUT2D eigenvalue weighted by Gasteiger charge is -2.39. The normalized spacial score (nSPS) is 20.7. The minimum Gasteiger partial charge on any atom is -0.476 e. The number of amides is 1. The average Bonchev–Trinajstić information content (AvgIpc) is 2.77. The number of nitrogens with one attached hydrogen (secondary N) is 1. The first-order chi connectivity index (χ1) is 14.4. The van der Waals surface area contributed by atoms with Crippen LogP contribution in [-0.4, -0.2) is 53.0 Å². The lowest BCUT2D eigenvalue weighted by molar-refractivity contribution is -0.128. The van der Waals surface area contributed by atoms with Gasteiger partial charge in [-0.15, -0.1) is 0 Å². The van der Waals surface area contributed by atoms with Gasteiger partial charge in [-0.2, -0.15) is 0 Å². The fraction of sp³-hybridized carbons (Fsp3) is 0.409. The Morgan fingerprint density at radius 2 is 1.77 bits per heavy atom. The van der Waals surface area contributed by atoms with Gasteiger partial charge in [0.1, 0.15) is 5.75 Å². The summed E-state index contributed by atoms with van der Waals surface area (Å²) in [5.41, 5.74) is 1.41. The molecule has 4 rings (SSSR count). The molecule has 8 heteroatoms. The van der Waals surface area contributed by atoms with Gasteiger partial charge in [-0.1, -0.05) is 42.5 Å². The highest BCUT2D eigenvalue weighted by atomic mass is 32.2. The zero-order valence-corrected chi connectivity index (χ0v) is 17.7. The maximum absolute atomic E-state index is 13.0. The fourth-order valence-electron chi connectivity index (χ4n) is 4.14. The smallest absolute Gasteiger partial charge is 0.263 e. The number of nitrogens with zero attached hydrogens (tertiary/aromatic N) is 1. The number of carbonyl (C=O) groups is 1. The SMILES string of the molecule is CS(=O)(=O)N1CC(C(=O)NCC2(c3ccccc3)CCOCC2)Oc2ccccc21. The molecule has 1 N–H and O–H groups in total. The van der Waals surface area contributed by atoms with E-state index in [1.807, 2.05) is 18.2 Å². The summed E-state index contributed by atoms with van der Waals surface area (Å²) in [7, 11) is -3.54. The first-order valence-corrected chi connectivity index (χ1v) is 11.9. The van der Waals surface area contributed by atoms with Crippen LogP contribution in [0.25, 0.3) is 0 Å². The van der Waals surface area contributed by atoms with E-state index in [1.165, 1.54) is 9.87 Å². The molecule has 2 heterocycles. The number of ether oxygens (including phenoxy) is 2. The molecule has 0 bridgehead atoms. The average molecular weight is 431 g/mol. The van der Waals surface area contributed by atoms with Gasteiger partial charge in [-0.25, -0.2) is 8.42 Å². The number of rotatable bonds is 5. The van der Waals surface area contributed by atoms with Gasteiger partial charge in [0.25, 0.3) is 5.91 Å². The molecular weight excluding hydrogens is 404 g/mol. The van der Waals surface area contributed by atoms with E-state index in [0.29, 0.717) is 31.2 Å². The Morgan fingerprint density at radius 1 is 1.10 bits per heavy atom. The van der Waals surface area contributed by atoms with Crippen LogP contribution in [0.4, 0.5) is 5.69 Å². The van der Waals surface area contributed by atoms with Gasteiger partial charge in [0.15, 0.2) is 6.10 Å². The molecule has 7 nitrogen and oxygen atoms in total. The minimum atomic E-state index is -3.54. The monoisotopic (exact) mass is 430 g/mol. The molecule has 0 saturated carbocycles. The molecule has 2 aromatic rings. The van der Waals surface area contributed by atoms with E-state index in [0.717, 1.165) is 19.1 Å². The van der Waals surface area contributed by atoms with Crippen LogP contribution in [0.15, 0.2) is 54.6 Å². The number of para-hydroxylation sites is 2. The zero-order chi connectivity index (χ0) is 21.2. The Hall–Kier alpha value is -2.58. The van der Waals surface area contributed by atoms with Crippen molar-refractivity contribution < 1.29 is 22.7 Å². The highest BCUT2D eigenvalue weighted by Gasteiger charge is 2.38. The summed E-state index contributed by atoms with van der Waals surface area (Å²) in [4.78, 5) is 13.0. The third kappa shape index (κ3) is 4.15. The van der Waals surface area contributed by atoms with Crippen LogP contribution in [0.2, 0.25) is 0 Å². The Morgan fingerprint density at radius 3 is 2.47 bits per heavy atom. The van der Waals surface area contributed by atoms with Crippen LogP contribution in [0, 0.1) is 0 Å². The summed E-state index contributed by atoms with van der Waals surface area (Å²) in [5.74, 6) is 0.0677. The van der Waals surface area contributed by atoms with Crippen molar-refractivity contribution in [3.8, 4) is 5.75 Å². The summed E-state index contributed by atoms with van der Waals surface area (Å²) in [5, 5.41) is 3.02. The van der Waals surface area contributed by atoms with Crippen LogP contribution in [0.1, 0.15) is 18.4 Å². The van der Waals surface area contributed by atoms with Crippen molar-refractivity contribution in [1.82, 2.24) is 5.32 Å². The fourth-order valence-corrected chi connectivity index (χ4v) is 5.06. The largest absolute Gasteiger partial charge is 0.476 e. The molecule has 1 saturated heterocycles. The number of carbonyl (C=O) groups excluding carboxylic acids is 1. The molecule has 0 radical (unpaired) electrons. The number of benzene rings is 2. The van der Waals surface area contributed by atoms with Gasteiger partial charge in [0.05, 0.1) is 18.5 Å².